The zero-order chi connectivity index (χ0) is 13.7. The Bertz CT molecular complexity index is 609. The van der Waals surface area contributed by atoms with Crippen LogP contribution >= 0.6 is 11.6 Å². The number of nitrogens with two attached hydrogens (primary N) is 1. The Labute approximate surface area is 115 Å². The molecular formula is C14H11ClN2O2. The lowest BCUT2D eigenvalue weighted by Gasteiger charge is -2.05. The van der Waals surface area contributed by atoms with Crippen molar-refractivity contribution < 1.29 is 9.53 Å². The van der Waals surface area contributed by atoms with E-state index in [-0.39, 0.29) is 0 Å². The van der Waals surface area contributed by atoms with Gasteiger partial charge in [-0.05, 0) is 42.0 Å². The molecular weight excluding hydrogens is 264 g/mol. The third kappa shape index (κ3) is 3.33. The molecule has 0 heterocycles. The number of hydrogen-bond donors (Lipinski definition) is 1. The molecule has 0 spiro atoms. The van der Waals surface area contributed by atoms with Gasteiger partial charge in [0.05, 0.1) is 16.8 Å². The van der Waals surface area contributed by atoms with Crippen LogP contribution in [0.3, 0.4) is 0 Å². The van der Waals surface area contributed by atoms with Crippen molar-refractivity contribution in [3.8, 4) is 5.75 Å². The summed E-state index contributed by atoms with van der Waals surface area (Å²) in [5.74, 6) is 4.98. The van der Waals surface area contributed by atoms with Crippen molar-refractivity contribution >= 4 is 23.8 Å². The molecule has 0 fully saturated rings. The number of nitrogens with zero attached hydrogens (tertiary/aromatic N) is 1. The van der Waals surface area contributed by atoms with Crippen LogP contribution in [0.1, 0.15) is 15.9 Å². The molecule has 0 saturated heterocycles. The number of esters is 1. The highest BCUT2D eigenvalue weighted by molar-refractivity contribution is 6.33. The first-order valence-corrected chi connectivity index (χ1v) is 5.88. The molecule has 0 amide bonds. The molecule has 0 atom stereocenters. The lowest BCUT2D eigenvalue weighted by atomic mass is 10.2. The zero-order valence-corrected chi connectivity index (χ0v) is 10.7. The summed E-state index contributed by atoms with van der Waals surface area (Å²) in [7, 11) is 0. The third-order valence-electron chi connectivity index (χ3n) is 2.41. The molecule has 2 rings (SSSR count). The van der Waals surface area contributed by atoms with Gasteiger partial charge < -0.3 is 10.6 Å². The molecule has 2 aromatic carbocycles. The fourth-order valence-electron chi connectivity index (χ4n) is 1.50. The minimum Gasteiger partial charge on any atom is -0.423 e. The van der Waals surface area contributed by atoms with Gasteiger partial charge in [-0.3, -0.25) is 0 Å². The highest BCUT2D eigenvalue weighted by Gasteiger charge is 2.11. The maximum Gasteiger partial charge on any atom is 0.345 e. The predicted molar refractivity (Wildman–Crippen MR) is 74.6 cm³/mol. The molecule has 4 nitrogen and oxygen atoms in total. The molecule has 0 aliphatic heterocycles. The topological polar surface area (TPSA) is 64.7 Å². The fraction of sp³-hybridized carbons (Fsp3) is 0. The van der Waals surface area contributed by atoms with Gasteiger partial charge in [0.15, 0.2) is 0 Å². The standard InChI is InChI=1S/C14H11ClN2O2/c15-13-4-2-1-3-12(13)14(18)19-11-7-5-10(6-8-11)9-17-16/h1-9H,16H2. The van der Waals surface area contributed by atoms with E-state index in [9.17, 15) is 4.79 Å². The molecule has 0 radical (unpaired) electrons. The summed E-state index contributed by atoms with van der Waals surface area (Å²) in [6.45, 7) is 0. The summed E-state index contributed by atoms with van der Waals surface area (Å²) in [4.78, 5) is 11.9. The highest BCUT2D eigenvalue weighted by Crippen LogP contribution is 2.18. The Hall–Kier alpha value is -2.33. The number of hydrogen-bond acceptors (Lipinski definition) is 4. The number of hydrazone groups is 1. The molecule has 5 heteroatoms. The van der Waals surface area contributed by atoms with Gasteiger partial charge >= 0.3 is 5.97 Å². The molecule has 0 bridgehead atoms. The SMILES string of the molecule is NN=Cc1ccc(OC(=O)c2ccccc2Cl)cc1. The average Bonchev–Trinajstić information content (AvgIpc) is 2.42. The van der Waals surface area contributed by atoms with Crippen LogP contribution in [0.15, 0.2) is 53.6 Å². The van der Waals surface area contributed by atoms with Gasteiger partial charge in [-0.1, -0.05) is 23.7 Å². The van der Waals surface area contributed by atoms with Crippen molar-refractivity contribution in [1.82, 2.24) is 0 Å². The summed E-state index contributed by atoms with van der Waals surface area (Å²) in [5, 5.41) is 3.77. The van der Waals surface area contributed by atoms with Gasteiger partial charge in [-0.2, -0.15) is 5.10 Å². The van der Waals surface area contributed by atoms with E-state index in [2.05, 4.69) is 5.10 Å². The Morgan fingerprint density at radius 2 is 1.84 bits per heavy atom. The zero-order valence-electron chi connectivity index (χ0n) is 9.92. The van der Waals surface area contributed by atoms with Gasteiger partial charge in [0.1, 0.15) is 5.75 Å². The fourth-order valence-corrected chi connectivity index (χ4v) is 1.71. The average molecular weight is 275 g/mol. The lowest BCUT2D eigenvalue weighted by molar-refractivity contribution is 0.0735. The second-order valence-corrected chi connectivity index (χ2v) is 4.12. The quantitative estimate of drug-likeness (QED) is 0.308. The predicted octanol–water partition coefficient (Wildman–Crippen LogP) is 2.85. The number of carbonyl (C=O) groups excluding carboxylic acids is 1. The van der Waals surface area contributed by atoms with Gasteiger partial charge in [0, 0.05) is 0 Å². The minimum absolute atomic E-state index is 0.330. The summed E-state index contributed by atoms with van der Waals surface area (Å²) in [6.07, 6.45) is 1.50. The van der Waals surface area contributed by atoms with Gasteiger partial charge in [0.2, 0.25) is 0 Å². The van der Waals surface area contributed by atoms with Gasteiger partial charge in [-0.15, -0.1) is 0 Å². The van der Waals surface area contributed by atoms with Crippen molar-refractivity contribution in [2.75, 3.05) is 0 Å². The molecule has 0 unspecified atom stereocenters. The third-order valence-corrected chi connectivity index (χ3v) is 2.74. The van der Waals surface area contributed by atoms with E-state index < -0.39 is 5.97 Å². The van der Waals surface area contributed by atoms with Crippen LogP contribution in [-0.4, -0.2) is 12.2 Å². The van der Waals surface area contributed by atoms with E-state index in [0.717, 1.165) is 5.56 Å². The molecule has 0 aliphatic rings. The molecule has 96 valence electrons. The van der Waals surface area contributed by atoms with Crippen LogP contribution in [0.4, 0.5) is 0 Å². The summed E-state index contributed by atoms with van der Waals surface area (Å²) < 4.78 is 5.22. The van der Waals surface area contributed by atoms with Crippen LogP contribution in [0.25, 0.3) is 0 Å². The van der Waals surface area contributed by atoms with Crippen LogP contribution in [-0.2, 0) is 0 Å². The van der Waals surface area contributed by atoms with Crippen molar-refractivity contribution in [3.63, 3.8) is 0 Å². The molecule has 19 heavy (non-hydrogen) atoms. The number of ether oxygens (including phenoxy) is 1. The van der Waals surface area contributed by atoms with Crippen molar-refractivity contribution in [1.29, 1.82) is 0 Å². The minimum atomic E-state index is -0.495. The summed E-state index contributed by atoms with van der Waals surface area (Å²) in [5.41, 5.74) is 1.15. The first-order valence-electron chi connectivity index (χ1n) is 5.51. The molecule has 0 saturated carbocycles. The van der Waals surface area contributed by atoms with Crippen LogP contribution in [0.5, 0.6) is 5.75 Å². The normalized spacial score (nSPS) is 10.6. The highest BCUT2D eigenvalue weighted by atomic mass is 35.5. The van der Waals surface area contributed by atoms with Crippen LogP contribution in [0, 0.1) is 0 Å². The van der Waals surface area contributed by atoms with E-state index >= 15 is 0 Å². The first kappa shape index (κ1) is 13.1. The summed E-state index contributed by atoms with van der Waals surface area (Å²) in [6, 6.07) is 13.5. The van der Waals surface area contributed by atoms with Gasteiger partial charge in [0.25, 0.3) is 0 Å². The molecule has 2 aromatic rings. The van der Waals surface area contributed by atoms with Crippen molar-refractivity contribution in [2.45, 2.75) is 0 Å². The van der Waals surface area contributed by atoms with E-state index in [0.29, 0.717) is 16.3 Å². The Balaban J connectivity index is 2.13. The Morgan fingerprint density at radius 1 is 1.16 bits per heavy atom. The molecule has 0 aliphatic carbocycles. The smallest absolute Gasteiger partial charge is 0.345 e. The number of carbonyl (C=O) groups is 1. The Morgan fingerprint density at radius 3 is 2.47 bits per heavy atom. The van der Waals surface area contributed by atoms with Crippen LogP contribution < -0.4 is 10.6 Å². The monoisotopic (exact) mass is 274 g/mol. The number of halogens is 1. The van der Waals surface area contributed by atoms with Crippen molar-refractivity contribution in [2.24, 2.45) is 10.9 Å². The van der Waals surface area contributed by atoms with Crippen LogP contribution in [0.2, 0.25) is 5.02 Å². The maximum atomic E-state index is 11.9. The van der Waals surface area contributed by atoms with Gasteiger partial charge in [-0.25, -0.2) is 4.79 Å². The number of benzene rings is 2. The second-order valence-electron chi connectivity index (χ2n) is 3.72. The number of rotatable bonds is 3. The van der Waals surface area contributed by atoms with E-state index in [1.54, 1.807) is 48.5 Å². The molecule has 2 N–H and O–H groups in total. The lowest BCUT2D eigenvalue weighted by Crippen LogP contribution is -2.08. The van der Waals surface area contributed by atoms with E-state index in [4.69, 9.17) is 22.2 Å². The van der Waals surface area contributed by atoms with E-state index in [1.807, 2.05) is 0 Å². The Kier molecular flexibility index (Phi) is 4.15. The second kappa shape index (κ2) is 6.02. The van der Waals surface area contributed by atoms with E-state index in [1.165, 1.54) is 6.21 Å². The maximum absolute atomic E-state index is 11.9. The van der Waals surface area contributed by atoms with Crippen molar-refractivity contribution in [3.05, 3.63) is 64.7 Å². The first-order chi connectivity index (χ1) is 9.20. The summed E-state index contributed by atoms with van der Waals surface area (Å²) >= 11 is 5.92. The molecule has 0 aromatic heterocycles. The largest absolute Gasteiger partial charge is 0.423 e.